The quantitative estimate of drug-likeness (QED) is 0.650. The second-order valence-electron chi connectivity index (χ2n) is 7.59. The molecule has 0 saturated carbocycles. The van der Waals surface area contributed by atoms with Crippen LogP contribution in [0.2, 0.25) is 0 Å². The van der Waals surface area contributed by atoms with Gasteiger partial charge in [0.05, 0.1) is 0 Å². The van der Waals surface area contributed by atoms with E-state index in [4.69, 9.17) is 4.74 Å². The topological polar surface area (TPSA) is 88.5 Å². The molecule has 1 heterocycles. The van der Waals surface area contributed by atoms with Gasteiger partial charge in [-0.2, -0.15) is 0 Å². The fourth-order valence-electron chi connectivity index (χ4n) is 3.90. The van der Waals surface area contributed by atoms with Gasteiger partial charge in [-0.25, -0.2) is 9.59 Å². The van der Waals surface area contributed by atoms with Crippen molar-refractivity contribution in [3.8, 4) is 11.1 Å². The summed E-state index contributed by atoms with van der Waals surface area (Å²) in [6.07, 6.45) is 0.871. The molecule has 1 atom stereocenters. The number of fused-ring (bicyclic) bond motifs is 3. The predicted octanol–water partition coefficient (Wildman–Crippen LogP) is 4.01. The van der Waals surface area contributed by atoms with Crippen LogP contribution in [0.1, 0.15) is 29.7 Å². The SMILES string of the molecule is CC(Cc1ccccn1)(NC(=O)OCC1c2ccccc2-c2ccccc21)C(=O)O. The van der Waals surface area contributed by atoms with E-state index in [1.807, 2.05) is 36.4 Å². The minimum atomic E-state index is -1.53. The summed E-state index contributed by atoms with van der Waals surface area (Å²) >= 11 is 0. The van der Waals surface area contributed by atoms with Crippen LogP contribution >= 0.6 is 0 Å². The van der Waals surface area contributed by atoms with E-state index < -0.39 is 17.6 Å². The van der Waals surface area contributed by atoms with Crippen molar-refractivity contribution in [1.82, 2.24) is 10.3 Å². The lowest BCUT2D eigenvalue weighted by atomic mass is 9.96. The number of aromatic nitrogens is 1. The molecule has 2 N–H and O–H groups in total. The van der Waals surface area contributed by atoms with Crippen LogP contribution in [0.5, 0.6) is 0 Å². The highest BCUT2D eigenvalue weighted by atomic mass is 16.5. The molecular weight excluding hydrogens is 380 g/mol. The summed E-state index contributed by atoms with van der Waals surface area (Å²) in [5.41, 5.74) is 3.50. The number of carbonyl (C=O) groups is 2. The smallest absolute Gasteiger partial charge is 0.408 e. The van der Waals surface area contributed by atoms with Crippen molar-refractivity contribution in [2.45, 2.75) is 24.8 Å². The molecule has 3 aromatic rings. The number of amides is 1. The largest absolute Gasteiger partial charge is 0.480 e. The minimum Gasteiger partial charge on any atom is -0.480 e. The second kappa shape index (κ2) is 7.99. The van der Waals surface area contributed by atoms with Crippen LogP contribution in [0.3, 0.4) is 0 Å². The van der Waals surface area contributed by atoms with Gasteiger partial charge in [0.15, 0.2) is 0 Å². The summed E-state index contributed by atoms with van der Waals surface area (Å²) in [6.45, 7) is 1.57. The summed E-state index contributed by atoms with van der Waals surface area (Å²) < 4.78 is 5.49. The molecule has 1 aromatic heterocycles. The van der Waals surface area contributed by atoms with E-state index in [-0.39, 0.29) is 18.9 Å². The molecule has 4 rings (SSSR count). The summed E-state index contributed by atoms with van der Waals surface area (Å²) in [7, 11) is 0. The Morgan fingerprint density at radius 3 is 2.17 bits per heavy atom. The fraction of sp³-hybridized carbons (Fsp3) is 0.208. The molecule has 1 amide bonds. The molecule has 6 heteroatoms. The Bertz CT molecular complexity index is 1040. The highest BCUT2D eigenvalue weighted by molar-refractivity contribution is 5.84. The number of carboxylic acid groups (broad SMARTS) is 1. The van der Waals surface area contributed by atoms with E-state index in [9.17, 15) is 14.7 Å². The second-order valence-corrected chi connectivity index (χ2v) is 7.59. The Kier molecular flexibility index (Phi) is 5.23. The van der Waals surface area contributed by atoms with Gasteiger partial charge in [-0.15, -0.1) is 0 Å². The number of carboxylic acids is 1. The standard InChI is InChI=1S/C24H22N2O4/c1-24(22(27)28,14-16-8-6-7-13-25-16)26-23(29)30-15-21-19-11-4-2-9-17(19)18-10-3-5-12-20(18)21/h2-13,21H,14-15H2,1H3,(H,26,29)(H,27,28). The third kappa shape index (κ3) is 3.76. The normalized spacial score (nSPS) is 14.3. The van der Waals surface area contributed by atoms with Gasteiger partial charge in [0.2, 0.25) is 0 Å². The van der Waals surface area contributed by atoms with Crippen LogP contribution in [0.15, 0.2) is 72.9 Å². The monoisotopic (exact) mass is 402 g/mol. The molecule has 2 aromatic carbocycles. The van der Waals surface area contributed by atoms with Crippen molar-refractivity contribution < 1.29 is 19.4 Å². The zero-order valence-corrected chi connectivity index (χ0v) is 16.5. The van der Waals surface area contributed by atoms with Crippen molar-refractivity contribution in [1.29, 1.82) is 0 Å². The lowest BCUT2D eigenvalue weighted by Gasteiger charge is -2.26. The molecule has 1 aliphatic rings. The summed E-state index contributed by atoms with van der Waals surface area (Å²) in [5, 5.41) is 12.2. The van der Waals surface area contributed by atoms with Gasteiger partial charge in [0.1, 0.15) is 12.1 Å². The molecular formula is C24H22N2O4. The lowest BCUT2D eigenvalue weighted by molar-refractivity contribution is -0.143. The van der Waals surface area contributed by atoms with Crippen LogP contribution in [0, 0.1) is 0 Å². The number of benzene rings is 2. The molecule has 0 radical (unpaired) electrons. The van der Waals surface area contributed by atoms with E-state index in [2.05, 4.69) is 22.4 Å². The van der Waals surface area contributed by atoms with Crippen molar-refractivity contribution in [3.63, 3.8) is 0 Å². The number of ether oxygens (including phenoxy) is 1. The Morgan fingerprint density at radius 1 is 1.00 bits per heavy atom. The molecule has 0 aliphatic heterocycles. The molecule has 6 nitrogen and oxygen atoms in total. The Balaban J connectivity index is 1.47. The summed E-state index contributed by atoms with van der Waals surface area (Å²) in [4.78, 5) is 28.5. The third-order valence-corrected chi connectivity index (χ3v) is 5.45. The number of nitrogens with one attached hydrogen (secondary N) is 1. The van der Waals surface area contributed by atoms with Crippen LogP contribution in [0.4, 0.5) is 4.79 Å². The number of aliphatic carboxylic acids is 1. The van der Waals surface area contributed by atoms with Crippen LogP contribution in [-0.2, 0) is 16.0 Å². The zero-order valence-electron chi connectivity index (χ0n) is 16.5. The molecule has 1 unspecified atom stereocenters. The fourth-order valence-corrected chi connectivity index (χ4v) is 3.90. The number of nitrogens with zero attached hydrogens (tertiary/aromatic N) is 1. The molecule has 0 bridgehead atoms. The molecule has 0 spiro atoms. The van der Waals surface area contributed by atoms with E-state index in [0.29, 0.717) is 5.69 Å². The Labute approximate surface area is 174 Å². The molecule has 0 saturated heterocycles. The van der Waals surface area contributed by atoms with Gasteiger partial charge in [-0.3, -0.25) is 4.98 Å². The summed E-state index contributed by atoms with van der Waals surface area (Å²) in [6, 6.07) is 21.3. The number of hydrogen-bond acceptors (Lipinski definition) is 4. The highest BCUT2D eigenvalue weighted by Gasteiger charge is 2.37. The average molecular weight is 402 g/mol. The number of hydrogen-bond donors (Lipinski definition) is 2. The van der Waals surface area contributed by atoms with Gasteiger partial charge >= 0.3 is 12.1 Å². The van der Waals surface area contributed by atoms with E-state index >= 15 is 0 Å². The number of pyridine rings is 1. The van der Waals surface area contributed by atoms with Crippen LogP contribution in [0.25, 0.3) is 11.1 Å². The number of carbonyl (C=O) groups excluding carboxylic acids is 1. The number of alkyl carbamates (subject to hydrolysis) is 1. The first-order chi connectivity index (χ1) is 14.5. The van der Waals surface area contributed by atoms with Gasteiger partial charge in [0, 0.05) is 24.2 Å². The number of rotatable bonds is 6. The third-order valence-electron chi connectivity index (χ3n) is 5.45. The lowest BCUT2D eigenvalue weighted by Crippen LogP contribution is -2.54. The first kappa shape index (κ1) is 19.6. The van der Waals surface area contributed by atoms with Crippen molar-refractivity contribution in [2.75, 3.05) is 6.61 Å². The highest BCUT2D eigenvalue weighted by Crippen LogP contribution is 2.44. The van der Waals surface area contributed by atoms with Gasteiger partial charge in [0.25, 0.3) is 0 Å². The summed E-state index contributed by atoms with van der Waals surface area (Å²) in [5.74, 6) is -1.24. The van der Waals surface area contributed by atoms with Crippen LogP contribution in [-0.4, -0.2) is 34.3 Å². The predicted molar refractivity (Wildman–Crippen MR) is 112 cm³/mol. The molecule has 152 valence electrons. The zero-order chi connectivity index (χ0) is 21.1. The van der Waals surface area contributed by atoms with Gasteiger partial charge in [-0.1, -0.05) is 54.6 Å². The molecule has 30 heavy (non-hydrogen) atoms. The van der Waals surface area contributed by atoms with Gasteiger partial charge in [-0.05, 0) is 41.3 Å². The van der Waals surface area contributed by atoms with Crippen LogP contribution < -0.4 is 5.32 Å². The molecule has 1 aliphatic carbocycles. The maximum atomic E-state index is 12.5. The average Bonchev–Trinajstić information content (AvgIpc) is 3.06. The minimum absolute atomic E-state index is 0.0490. The van der Waals surface area contributed by atoms with E-state index in [1.165, 1.54) is 6.92 Å². The van der Waals surface area contributed by atoms with E-state index in [1.54, 1.807) is 24.4 Å². The van der Waals surface area contributed by atoms with Crippen molar-refractivity contribution in [2.24, 2.45) is 0 Å². The van der Waals surface area contributed by atoms with E-state index in [0.717, 1.165) is 22.3 Å². The maximum Gasteiger partial charge on any atom is 0.408 e. The van der Waals surface area contributed by atoms with Crippen molar-refractivity contribution in [3.05, 3.63) is 89.7 Å². The van der Waals surface area contributed by atoms with Gasteiger partial charge < -0.3 is 15.2 Å². The Hall–Kier alpha value is -3.67. The first-order valence-corrected chi connectivity index (χ1v) is 9.74. The Morgan fingerprint density at radius 2 is 1.60 bits per heavy atom. The molecule has 0 fully saturated rings. The first-order valence-electron chi connectivity index (χ1n) is 9.74. The van der Waals surface area contributed by atoms with Crippen molar-refractivity contribution >= 4 is 12.1 Å². The maximum absolute atomic E-state index is 12.5.